The van der Waals surface area contributed by atoms with Crippen molar-refractivity contribution in [1.82, 2.24) is 0 Å². The molecule has 0 unspecified atom stereocenters. The standard InChI is InChI=1S/C43H64N2.2C2H5.Ni/c1-3-5-7-8-9-10-11-12-13-14-15-16-17-18-19-20-21-22-23-24-25-31-39-32-26-27-34-41(39)43-36-35-42(45(43)44)40-33-28-30-38(37-40)29-6-4-2;2*1-2;/h23-24,26-28,30,32-37H,3-22,25,29,31H2,1-2H3;2*1H2,2H3;. The van der Waals surface area contributed by atoms with Gasteiger partial charge in [0.2, 0.25) is 11.4 Å². The topological polar surface area (TPSA) is 25.3 Å². The first kappa shape index (κ1) is 43.9. The van der Waals surface area contributed by atoms with Crippen molar-refractivity contribution in [2.75, 3.05) is 0 Å². The third kappa shape index (κ3) is 19.4. The molecule has 2 aromatic rings. The second-order valence-corrected chi connectivity index (χ2v) is 15.8. The van der Waals surface area contributed by atoms with Crippen molar-refractivity contribution in [2.45, 2.75) is 186 Å². The summed E-state index contributed by atoms with van der Waals surface area (Å²) in [5.41, 5.74) is 17.7. The summed E-state index contributed by atoms with van der Waals surface area (Å²) in [6, 6.07) is 17.1. The van der Waals surface area contributed by atoms with Crippen LogP contribution in [0.2, 0.25) is 10.8 Å². The van der Waals surface area contributed by atoms with Crippen LogP contribution in [-0.2, 0) is 27.3 Å². The van der Waals surface area contributed by atoms with Crippen LogP contribution in [0, 0.1) is 0 Å². The van der Waals surface area contributed by atoms with Crippen molar-refractivity contribution < 1.29 is 19.1 Å². The van der Waals surface area contributed by atoms with Gasteiger partial charge in [0.15, 0.2) is 0 Å². The first-order valence-electron chi connectivity index (χ1n) is 20.8. The van der Waals surface area contributed by atoms with E-state index in [1.54, 1.807) is 0 Å². The Morgan fingerprint density at radius 1 is 0.540 bits per heavy atom. The summed E-state index contributed by atoms with van der Waals surface area (Å²) in [5, 5.41) is 2.56. The van der Waals surface area contributed by atoms with E-state index in [0.29, 0.717) is 0 Å². The quantitative estimate of drug-likeness (QED) is 0.0361. The normalized spacial score (nSPS) is 12.8. The van der Waals surface area contributed by atoms with E-state index in [1.807, 2.05) is 20.5 Å². The number of nitrogens with zero attached hydrogens (tertiary/aromatic N) is 2. The number of allylic oxidation sites excluding steroid dienone is 4. The SMILES string of the molecule is CCCCCCCCCCCCCCCCCCCC=CCCc1ccccc1C1=CC=C(c2cccc(CCCC)c2)[N+]1=[N-].C[CH2][Ni][CH2]C. The molecule has 1 aliphatic heterocycles. The van der Waals surface area contributed by atoms with Crippen molar-refractivity contribution in [3.8, 4) is 0 Å². The van der Waals surface area contributed by atoms with Gasteiger partial charge in [-0.3, -0.25) is 0 Å². The van der Waals surface area contributed by atoms with E-state index in [-0.39, 0.29) is 0 Å². The van der Waals surface area contributed by atoms with E-state index in [1.165, 1.54) is 155 Å². The first-order valence-corrected chi connectivity index (χ1v) is 22.2. The molecule has 3 heteroatoms. The molecule has 0 fully saturated rings. The van der Waals surface area contributed by atoms with Crippen LogP contribution in [0.15, 0.2) is 72.8 Å². The summed E-state index contributed by atoms with van der Waals surface area (Å²) in [7, 11) is 0. The van der Waals surface area contributed by atoms with E-state index >= 15 is 0 Å². The predicted octanol–water partition coefficient (Wildman–Crippen LogP) is 15.9. The number of rotatable bonds is 28. The fraction of sp³-hybridized carbons (Fsp3) is 0.617. The molecule has 0 bridgehead atoms. The van der Waals surface area contributed by atoms with Crippen LogP contribution < -0.4 is 0 Å². The van der Waals surface area contributed by atoms with Crippen LogP contribution in [0.3, 0.4) is 0 Å². The van der Waals surface area contributed by atoms with Gasteiger partial charge in [0, 0.05) is 23.3 Å². The number of benzene rings is 2. The van der Waals surface area contributed by atoms with Gasteiger partial charge in [-0.15, -0.1) is 0 Å². The first-order chi connectivity index (χ1) is 24.7. The maximum absolute atomic E-state index is 11.2. The average Bonchev–Trinajstić information content (AvgIpc) is 3.53. The summed E-state index contributed by atoms with van der Waals surface area (Å²) in [4.78, 5) is 0. The molecule has 0 radical (unpaired) electrons. The Labute approximate surface area is 316 Å². The van der Waals surface area contributed by atoms with Crippen LogP contribution >= 0.6 is 0 Å². The monoisotopic (exact) mass is 725 g/mol. The number of aryl methyl sites for hydroxylation is 2. The maximum atomic E-state index is 11.2. The Kier molecular flexibility index (Phi) is 26.7. The third-order valence-electron chi connectivity index (χ3n) is 9.73. The second kappa shape index (κ2) is 30.4. The van der Waals surface area contributed by atoms with Crippen molar-refractivity contribution in [1.29, 1.82) is 0 Å². The summed E-state index contributed by atoms with van der Waals surface area (Å²) >= 11 is 1.82. The van der Waals surface area contributed by atoms with Crippen LogP contribution in [-0.4, -0.2) is 4.70 Å². The number of hydrogen-bond donors (Lipinski definition) is 0. The van der Waals surface area contributed by atoms with Gasteiger partial charge in [-0.25, -0.2) is 4.70 Å². The summed E-state index contributed by atoms with van der Waals surface area (Å²) in [6.45, 7) is 8.89. The van der Waals surface area contributed by atoms with Gasteiger partial charge in [-0.05, 0) is 67.9 Å². The van der Waals surface area contributed by atoms with Gasteiger partial charge in [0.25, 0.3) is 0 Å². The molecule has 1 aliphatic rings. The molecule has 2 aromatic carbocycles. The Morgan fingerprint density at radius 2 is 1.08 bits per heavy atom. The van der Waals surface area contributed by atoms with Crippen LogP contribution in [0.5, 0.6) is 0 Å². The Morgan fingerprint density at radius 3 is 1.66 bits per heavy atom. The average molecular weight is 726 g/mol. The van der Waals surface area contributed by atoms with Gasteiger partial charge in [0.05, 0.1) is 0 Å². The molecule has 0 saturated carbocycles. The Bertz CT molecular complexity index is 1240. The molecule has 3 rings (SSSR count). The number of hydrogen-bond acceptors (Lipinski definition) is 0. The molecule has 0 saturated heterocycles. The van der Waals surface area contributed by atoms with Gasteiger partial charge < -0.3 is 5.53 Å². The van der Waals surface area contributed by atoms with E-state index in [4.69, 9.17) is 0 Å². The molecule has 0 spiro atoms. The Hall–Kier alpha value is -2.25. The van der Waals surface area contributed by atoms with E-state index in [0.717, 1.165) is 41.8 Å². The molecule has 2 nitrogen and oxygen atoms in total. The van der Waals surface area contributed by atoms with Gasteiger partial charge in [-0.1, -0.05) is 165 Å². The third-order valence-corrected chi connectivity index (χ3v) is 10.7. The molecular formula is C47H74N2Ni. The minimum atomic E-state index is 0.854. The predicted molar refractivity (Wildman–Crippen MR) is 218 cm³/mol. The van der Waals surface area contributed by atoms with Gasteiger partial charge >= 0.3 is 39.1 Å². The van der Waals surface area contributed by atoms with Crippen LogP contribution in [0.4, 0.5) is 0 Å². The van der Waals surface area contributed by atoms with E-state index < -0.39 is 0 Å². The van der Waals surface area contributed by atoms with Crippen molar-refractivity contribution >= 4 is 11.4 Å². The second-order valence-electron chi connectivity index (χ2n) is 13.9. The minimum absolute atomic E-state index is 0.854. The van der Waals surface area contributed by atoms with E-state index in [9.17, 15) is 5.53 Å². The molecule has 1 heterocycles. The van der Waals surface area contributed by atoms with Crippen molar-refractivity contribution in [2.24, 2.45) is 0 Å². The molecule has 0 amide bonds. The molecule has 0 atom stereocenters. The molecule has 282 valence electrons. The molecular weight excluding hydrogens is 651 g/mol. The van der Waals surface area contributed by atoms with Gasteiger partial charge in [0.1, 0.15) is 0 Å². The summed E-state index contributed by atoms with van der Waals surface area (Å²) in [6.07, 6.45) is 39.7. The zero-order valence-corrected chi connectivity index (χ0v) is 33.8. The fourth-order valence-corrected chi connectivity index (χ4v) is 7.22. The van der Waals surface area contributed by atoms with Crippen molar-refractivity contribution in [3.63, 3.8) is 0 Å². The molecule has 0 N–H and O–H groups in total. The molecule has 0 aliphatic carbocycles. The zero-order valence-electron chi connectivity index (χ0n) is 32.8. The summed E-state index contributed by atoms with van der Waals surface area (Å²) < 4.78 is 1.38. The van der Waals surface area contributed by atoms with Crippen LogP contribution in [0.25, 0.3) is 16.9 Å². The molecule has 50 heavy (non-hydrogen) atoms. The Balaban J connectivity index is 0.00000161. The van der Waals surface area contributed by atoms with Gasteiger partial charge in [-0.2, -0.15) is 0 Å². The summed E-state index contributed by atoms with van der Waals surface area (Å²) in [5.74, 6) is 0. The van der Waals surface area contributed by atoms with E-state index in [2.05, 4.69) is 94.5 Å². The zero-order chi connectivity index (χ0) is 35.9. The molecule has 0 aromatic heterocycles. The van der Waals surface area contributed by atoms with Crippen LogP contribution in [0.1, 0.15) is 185 Å². The number of unbranched alkanes of at least 4 members (excludes halogenated alkanes) is 18. The fourth-order valence-electron chi connectivity index (χ4n) is 6.73. The van der Waals surface area contributed by atoms with Crippen molar-refractivity contribution in [3.05, 3.63) is 101 Å².